The lowest BCUT2D eigenvalue weighted by atomic mass is 9.84. The summed E-state index contributed by atoms with van der Waals surface area (Å²) in [6, 6.07) is 0. The average Bonchev–Trinajstić information content (AvgIpc) is 2.93. The van der Waals surface area contributed by atoms with Gasteiger partial charge in [-0.1, -0.05) is 24.1 Å². The highest BCUT2D eigenvalue weighted by Crippen LogP contribution is 2.35. The van der Waals surface area contributed by atoms with Gasteiger partial charge in [-0.15, -0.1) is 0 Å². The molecule has 3 rings (SSSR count). The lowest BCUT2D eigenvalue weighted by Crippen LogP contribution is -2.59. The highest BCUT2D eigenvalue weighted by Gasteiger charge is 2.45. The Labute approximate surface area is 170 Å². The van der Waals surface area contributed by atoms with Crippen molar-refractivity contribution >= 4 is 5.97 Å². The van der Waals surface area contributed by atoms with Gasteiger partial charge in [0.05, 0.1) is 18.6 Å². The van der Waals surface area contributed by atoms with E-state index in [0.717, 1.165) is 24.0 Å². The second-order valence-corrected chi connectivity index (χ2v) is 8.49. The summed E-state index contributed by atoms with van der Waals surface area (Å²) in [4.78, 5) is 12.0. The summed E-state index contributed by atoms with van der Waals surface area (Å²) in [6.45, 7) is 5.33. The van der Waals surface area contributed by atoms with Gasteiger partial charge < -0.3 is 34.6 Å². The number of allylic oxidation sites excluding steroid dienone is 1. The molecule has 29 heavy (non-hydrogen) atoms. The summed E-state index contributed by atoms with van der Waals surface area (Å²) >= 11 is 0. The molecule has 8 heteroatoms. The van der Waals surface area contributed by atoms with Gasteiger partial charge >= 0.3 is 5.97 Å². The average molecular weight is 412 g/mol. The zero-order valence-electron chi connectivity index (χ0n) is 17.1. The predicted molar refractivity (Wildman–Crippen MR) is 103 cm³/mol. The van der Waals surface area contributed by atoms with Gasteiger partial charge in [-0.2, -0.15) is 0 Å². The minimum Gasteiger partial charge on any atom is -0.458 e. The molecule has 9 atom stereocenters. The standard InChI is InChI=1S/C21H32O8/c1-10-4-5-14-12(3)20(26)28-15(14)8-11(2)7-13(6-10)27-21-19(25)18(24)17(23)16(9-22)29-21/h6,8,12-19,21-25H,4-5,7,9H2,1-3H3/b10-6+,11-8+/t12?,13-,14+,15+,16-,17-,18+,19-,21-/m1/s1. The molecule has 4 N–H and O–H groups in total. The van der Waals surface area contributed by atoms with Gasteiger partial charge in [0.15, 0.2) is 6.29 Å². The molecule has 0 amide bonds. The predicted octanol–water partition coefficient (Wildman–Crippen LogP) is 0.426. The first-order valence-corrected chi connectivity index (χ1v) is 10.2. The normalized spacial score (nSPS) is 47.4. The molecule has 1 unspecified atom stereocenters. The molecule has 0 aromatic carbocycles. The van der Waals surface area contributed by atoms with E-state index in [0.29, 0.717) is 6.42 Å². The van der Waals surface area contributed by atoms with Crippen LogP contribution in [-0.2, 0) is 19.0 Å². The maximum absolute atomic E-state index is 12.0. The molecular formula is C21H32O8. The van der Waals surface area contributed by atoms with Crippen LogP contribution in [0.2, 0.25) is 0 Å². The minimum absolute atomic E-state index is 0.127. The number of carbonyl (C=O) groups excluding carboxylic acids is 1. The molecular weight excluding hydrogens is 380 g/mol. The molecule has 0 radical (unpaired) electrons. The van der Waals surface area contributed by atoms with Gasteiger partial charge in [0, 0.05) is 5.92 Å². The van der Waals surface area contributed by atoms with Crippen molar-refractivity contribution < 1.29 is 39.4 Å². The molecule has 2 aliphatic heterocycles. The van der Waals surface area contributed by atoms with Crippen LogP contribution < -0.4 is 0 Å². The van der Waals surface area contributed by atoms with Crippen molar-refractivity contribution in [1.82, 2.24) is 0 Å². The smallest absolute Gasteiger partial charge is 0.309 e. The Balaban J connectivity index is 1.76. The number of ether oxygens (including phenoxy) is 3. The zero-order valence-corrected chi connectivity index (χ0v) is 17.1. The first-order valence-electron chi connectivity index (χ1n) is 10.2. The van der Waals surface area contributed by atoms with Gasteiger partial charge in [-0.25, -0.2) is 0 Å². The topological polar surface area (TPSA) is 126 Å². The third kappa shape index (κ3) is 4.90. The van der Waals surface area contributed by atoms with E-state index in [9.17, 15) is 25.2 Å². The second kappa shape index (κ2) is 9.24. The lowest BCUT2D eigenvalue weighted by Gasteiger charge is -2.40. The van der Waals surface area contributed by atoms with Gasteiger partial charge in [0.2, 0.25) is 0 Å². The third-order valence-electron chi connectivity index (χ3n) is 6.16. The Morgan fingerprint density at radius 3 is 2.52 bits per heavy atom. The zero-order chi connectivity index (χ0) is 21.3. The van der Waals surface area contributed by atoms with Crippen LogP contribution >= 0.6 is 0 Å². The van der Waals surface area contributed by atoms with Gasteiger partial charge in [0.25, 0.3) is 0 Å². The number of fused-ring (bicyclic) bond motifs is 1. The van der Waals surface area contributed by atoms with Crippen LogP contribution in [0.15, 0.2) is 23.3 Å². The molecule has 164 valence electrons. The van der Waals surface area contributed by atoms with E-state index in [-0.39, 0.29) is 23.9 Å². The van der Waals surface area contributed by atoms with Crippen LogP contribution in [-0.4, -0.2) is 75.9 Å². The first-order chi connectivity index (χ1) is 13.7. The summed E-state index contributed by atoms with van der Waals surface area (Å²) in [5.74, 6) is -0.153. The van der Waals surface area contributed by atoms with Gasteiger partial charge in [-0.05, 0) is 39.2 Å². The first kappa shape index (κ1) is 22.4. The molecule has 3 aliphatic rings. The summed E-state index contributed by atoms with van der Waals surface area (Å²) in [7, 11) is 0. The van der Waals surface area contributed by atoms with Crippen LogP contribution in [0.3, 0.4) is 0 Å². The van der Waals surface area contributed by atoms with Crippen molar-refractivity contribution in [2.45, 2.75) is 82.9 Å². The number of rotatable bonds is 3. The molecule has 2 fully saturated rings. The lowest BCUT2D eigenvalue weighted by molar-refractivity contribution is -0.307. The summed E-state index contributed by atoms with van der Waals surface area (Å²) in [5, 5.41) is 39.5. The Morgan fingerprint density at radius 2 is 1.83 bits per heavy atom. The number of aliphatic hydroxyl groups is 4. The molecule has 0 bridgehead atoms. The van der Waals surface area contributed by atoms with Gasteiger partial charge in [-0.3, -0.25) is 4.79 Å². The Hall–Kier alpha value is -1.29. The minimum atomic E-state index is -1.48. The monoisotopic (exact) mass is 412 g/mol. The second-order valence-electron chi connectivity index (χ2n) is 8.49. The third-order valence-corrected chi connectivity index (χ3v) is 6.16. The van der Waals surface area contributed by atoms with E-state index in [2.05, 4.69) is 0 Å². The van der Waals surface area contributed by atoms with E-state index in [1.807, 2.05) is 32.9 Å². The Morgan fingerprint density at radius 1 is 1.10 bits per heavy atom. The molecule has 8 nitrogen and oxygen atoms in total. The summed E-state index contributed by atoms with van der Waals surface area (Å²) in [6.07, 6.45) is -1.24. The van der Waals surface area contributed by atoms with Crippen molar-refractivity contribution in [2.24, 2.45) is 11.8 Å². The van der Waals surface area contributed by atoms with Gasteiger partial charge in [0.1, 0.15) is 30.5 Å². The fourth-order valence-corrected chi connectivity index (χ4v) is 4.32. The number of hydrogen-bond donors (Lipinski definition) is 4. The molecule has 1 aliphatic carbocycles. The fraction of sp³-hybridized carbons (Fsp3) is 0.762. The van der Waals surface area contributed by atoms with Crippen LogP contribution in [0.25, 0.3) is 0 Å². The molecule has 2 heterocycles. The van der Waals surface area contributed by atoms with Crippen molar-refractivity contribution in [3.05, 3.63) is 23.3 Å². The fourth-order valence-electron chi connectivity index (χ4n) is 4.32. The number of hydrogen-bond acceptors (Lipinski definition) is 8. The number of carbonyl (C=O) groups is 1. The van der Waals surface area contributed by atoms with Crippen LogP contribution in [0.4, 0.5) is 0 Å². The largest absolute Gasteiger partial charge is 0.458 e. The maximum Gasteiger partial charge on any atom is 0.309 e. The van der Waals surface area contributed by atoms with Crippen LogP contribution in [0.1, 0.15) is 40.0 Å². The van der Waals surface area contributed by atoms with Crippen molar-refractivity contribution in [3.63, 3.8) is 0 Å². The van der Waals surface area contributed by atoms with Crippen molar-refractivity contribution in [2.75, 3.05) is 6.61 Å². The number of esters is 1. The van der Waals surface area contributed by atoms with E-state index in [1.54, 1.807) is 0 Å². The Bertz CT molecular complexity index is 657. The van der Waals surface area contributed by atoms with Crippen molar-refractivity contribution in [3.8, 4) is 0 Å². The number of aliphatic hydroxyl groups excluding tert-OH is 4. The SMILES string of the molecule is C/C1=C\[C@@H](O[C@@H]2O[C@H](CO)[C@@H](O)[C@H](O)[C@H]2O)C/C(C)=C/[C@@H]2OC(=O)C(C)[C@@H]2CC1. The quantitative estimate of drug-likeness (QED) is 0.388. The summed E-state index contributed by atoms with van der Waals surface area (Å²) < 4.78 is 17.0. The van der Waals surface area contributed by atoms with E-state index in [1.165, 1.54) is 0 Å². The molecule has 0 aromatic rings. The van der Waals surface area contributed by atoms with Crippen LogP contribution in [0, 0.1) is 11.8 Å². The highest BCUT2D eigenvalue weighted by atomic mass is 16.7. The molecule has 0 spiro atoms. The molecule has 0 saturated carbocycles. The molecule has 2 saturated heterocycles. The highest BCUT2D eigenvalue weighted by molar-refractivity contribution is 5.75. The maximum atomic E-state index is 12.0. The van der Waals surface area contributed by atoms with E-state index < -0.39 is 43.4 Å². The molecule has 0 aromatic heterocycles. The summed E-state index contributed by atoms with van der Waals surface area (Å²) in [5.41, 5.74) is 2.06. The van der Waals surface area contributed by atoms with Crippen molar-refractivity contribution in [1.29, 1.82) is 0 Å². The van der Waals surface area contributed by atoms with E-state index in [4.69, 9.17) is 14.2 Å². The van der Waals surface area contributed by atoms with E-state index >= 15 is 0 Å². The van der Waals surface area contributed by atoms with Crippen LogP contribution in [0.5, 0.6) is 0 Å². The Kier molecular flexibility index (Phi) is 7.14.